The van der Waals surface area contributed by atoms with Crippen LogP contribution in [0.15, 0.2) is 17.7 Å². The van der Waals surface area contributed by atoms with Crippen LogP contribution in [0.2, 0.25) is 0 Å². The number of rotatable bonds is 3. The summed E-state index contributed by atoms with van der Waals surface area (Å²) in [5, 5.41) is 11.2. The van der Waals surface area contributed by atoms with Gasteiger partial charge in [0.1, 0.15) is 0 Å². The zero-order chi connectivity index (χ0) is 14.6. The van der Waals surface area contributed by atoms with Gasteiger partial charge in [-0.2, -0.15) is 46.9 Å². The number of hydrogen-bond donors (Lipinski definition) is 0. The summed E-state index contributed by atoms with van der Waals surface area (Å²) in [6, 6.07) is 0. The number of hydrogen-bond acceptors (Lipinski definition) is 0. The molecule has 0 amide bonds. The van der Waals surface area contributed by atoms with Gasteiger partial charge in [0.2, 0.25) is 0 Å². The molecule has 19 heavy (non-hydrogen) atoms. The Labute approximate surface area is 140 Å². The van der Waals surface area contributed by atoms with E-state index < -0.39 is 0 Å². The maximum Gasteiger partial charge on any atom is 4.00 e. The van der Waals surface area contributed by atoms with E-state index in [0.717, 1.165) is 26.1 Å². The first kappa shape index (κ1) is 27.6. The first-order valence-electron chi connectivity index (χ1n) is 6.55. The smallest absolute Gasteiger partial charge is 0.665 e. The predicted octanol–water partition coefficient (Wildman–Crippen LogP) is 4.72. The third-order valence-corrected chi connectivity index (χ3v) is 1.82. The van der Waals surface area contributed by atoms with Crippen molar-refractivity contribution in [3.8, 4) is 0 Å². The molecule has 0 aromatic heterocycles. The van der Waals surface area contributed by atoms with E-state index in [0.29, 0.717) is 0 Å². The summed E-state index contributed by atoms with van der Waals surface area (Å²) >= 11 is 0. The van der Waals surface area contributed by atoms with E-state index in [-0.39, 0.29) is 25.8 Å². The third-order valence-electron chi connectivity index (χ3n) is 1.82. The summed E-state index contributed by atoms with van der Waals surface area (Å²) in [5.74, 6) is 0. The average Bonchev–Trinajstić information content (AvgIpc) is 2.90. The summed E-state index contributed by atoms with van der Waals surface area (Å²) in [5.41, 5.74) is 1.27. The Hall–Kier alpha value is 0.230. The van der Waals surface area contributed by atoms with Gasteiger partial charge in [-0.05, 0) is 0 Å². The van der Waals surface area contributed by atoms with Crippen LogP contribution in [0.5, 0.6) is 0 Å². The van der Waals surface area contributed by atoms with Crippen LogP contribution in [0.4, 0.5) is 0 Å². The normalized spacial score (nSPS) is 10.6. The third kappa shape index (κ3) is 45.9. The van der Waals surface area contributed by atoms with Crippen molar-refractivity contribution in [3.63, 3.8) is 0 Å². The van der Waals surface area contributed by atoms with E-state index >= 15 is 0 Å². The monoisotopic (exact) mass is 433 g/mol. The molecule has 1 rings (SSSR count). The fraction of sp³-hybridized carbons (Fsp3) is 0.733. The van der Waals surface area contributed by atoms with Gasteiger partial charge in [-0.15, -0.1) is 6.42 Å². The minimum absolute atomic E-state index is 0. The van der Waals surface area contributed by atoms with Crippen molar-refractivity contribution in [2.75, 3.05) is 40.8 Å². The van der Waals surface area contributed by atoms with Crippen LogP contribution in [-0.2, 0) is 25.8 Å². The molecule has 110 valence electrons. The second kappa shape index (κ2) is 30.9. The molecule has 0 bridgehead atoms. The fourth-order valence-electron chi connectivity index (χ4n) is 0.515. The zero-order valence-electron chi connectivity index (χ0n) is 13.8. The van der Waals surface area contributed by atoms with Gasteiger partial charge in [-0.3, -0.25) is 6.08 Å². The van der Waals surface area contributed by atoms with Crippen molar-refractivity contribution in [2.24, 2.45) is 0 Å². The molecule has 0 fully saturated rings. The van der Waals surface area contributed by atoms with Gasteiger partial charge < -0.3 is 16.0 Å². The van der Waals surface area contributed by atoms with Gasteiger partial charge in [0.05, 0.1) is 0 Å². The van der Waals surface area contributed by atoms with Crippen LogP contribution in [0, 0.1) is 6.08 Å². The first-order valence-corrected chi connectivity index (χ1v) is 6.55. The molecular formula is C15H31HfN3. The van der Waals surface area contributed by atoms with Crippen LogP contribution in [0.1, 0.15) is 34.1 Å². The molecule has 0 aromatic carbocycles. The van der Waals surface area contributed by atoms with Gasteiger partial charge in [0.25, 0.3) is 0 Å². The molecule has 0 saturated heterocycles. The standard InChI is InChI=1S/C6H7.3C3H8N.Hf/c1-6-4-2-3-5-6;3*1-3-4-2;/h2,4H,3H2,1H3;3*3H2,1-2H3;/q4*-1;+4. The largest absolute Gasteiger partial charge is 4.00 e. The quantitative estimate of drug-likeness (QED) is 0.458. The Morgan fingerprint density at radius 1 is 0.947 bits per heavy atom. The molecule has 0 heterocycles. The predicted molar refractivity (Wildman–Crippen MR) is 85.7 cm³/mol. The van der Waals surface area contributed by atoms with Gasteiger partial charge in [0.15, 0.2) is 0 Å². The molecule has 4 heteroatoms. The van der Waals surface area contributed by atoms with E-state index in [1.165, 1.54) is 5.57 Å². The summed E-state index contributed by atoms with van der Waals surface area (Å²) in [7, 11) is 5.42. The molecule has 0 aliphatic heterocycles. The number of allylic oxidation sites excluding steroid dienone is 4. The molecule has 0 spiro atoms. The SMILES string of the molecule is CC1=[C-]CC=C1.CC[N-]C.CC[N-]C.CC[N-]C.[Hf+4]. The van der Waals surface area contributed by atoms with Crippen molar-refractivity contribution in [3.05, 3.63) is 39.8 Å². The Bertz CT molecular complexity index is 162. The molecule has 0 radical (unpaired) electrons. The van der Waals surface area contributed by atoms with Crippen molar-refractivity contribution in [1.82, 2.24) is 0 Å². The Morgan fingerprint density at radius 3 is 1.32 bits per heavy atom. The summed E-state index contributed by atoms with van der Waals surface area (Å²) in [4.78, 5) is 0. The minimum Gasteiger partial charge on any atom is -0.665 e. The van der Waals surface area contributed by atoms with Crippen LogP contribution >= 0.6 is 0 Å². The van der Waals surface area contributed by atoms with Crippen LogP contribution in [0.3, 0.4) is 0 Å². The molecule has 1 aliphatic carbocycles. The average molecular weight is 432 g/mol. The zero-order valence-corrected chi connectivity index (χ0v) is 17.4. The second-order valence-electron chi connectivity index (χ2n) is 3.36. The Balaban J connectivity index is -0.0000000796. The molecule has 3 nitrogen and oxygen atoms in total. The van der Waals surface area contributed by atoms with E-state index in [1.54, 1.807) is 21.1 Å². The minimum atomic E-state index is 0. The van der Waals surface area contributed by atoms with Gasteiger partial charge in [0, 0.05) is 0 Å². The van der Waals surface area contributed by atoms with Crippen molar-refractivity contribution in [1.29, 1.82) is 0 Å². The van der Waals surface area contributed by atoms with Gasteiger partial charge in [-0.1, -0.05) is 27.7 Å². The summed E-state index contributed by atoms with van der Waals surface area (Å²) < 4.78 is 0. The van der Waals surface area contributed by atoms with Crippen molar-refractivity contribution in [2.45, 2.75) is 34.1 Å². The van der Waals surface area contributed by atoms with Crippen molar-refractivity contribution < 1.29 is 25.8 Å². The molecule has 1 aliphatic rings. The maximum atomic E-state index is 3.74. The van der Waals surface area contributed by atoms with Crippen molar-refractivity contribution >= 4 is 0 Å². The topological polar surface area (TPSA) is 42.3 Å². The van der Waals surface area contributed by atoms with Gasteiger partial charge >= 0.3 is 25.8 Å². The number of nitrogens with zero attached hydrogens (tertiary/aromatic N) is 3. The van der Waals surface area contributed by atoms with E-state index in [4.69, 9.17) is 0 Å². The maximum absolute atomic E-state index is 3.74. The van der Waals surface area contributed by atoms with Gasteiger partial charge in [-0.25, -0.2) is 11.6 Å². The summed E-state index contributed by atoms with van der Waals surface area (Å²) in [6.45, 7) is 10.9. The van der Waals surface area contributed by atoms with E-state index in [1.807, 2.05) is 20.8 Å². The first-order chi connectivity index (χ1) is 8.64. The van der Waals surface area contributed by atoms with E-state index in [9.17, 15) is 0 Å². The van der Waals surface area contributed by atoms with Crippen LogP contribution in [-0.4, -0.2) is 40.8 Å². The molecular weight excluding hydrogens is 401 g/mol. The molecule has 0 aromatic rings. The Morgan fingerprint density at radius 2 is 1.26 bits per heavy atom. The molecule has 0 saturated carbocycles. The molecule has 0 N–H and O–H groups in total. The van der Waals surface area contributed by atoms with Crippen LogP contribution in [0.25, 0.3) is 16.0 Å². The second-order valence-corrected chi connectivity index (χ2v) is 3.36. The van der Waals surface area contributed by atoms with Crippen LogP contribution < -0.4 is 0 Å². The fourth-order valence-corrected chi connectivity index (χ4v) is 0.515. The molecule has 0 unspecified atom stereocenters. The summed E-state index contributed by atoms with van der Waals surface area (Å²) in [6.07, 6.45) is 8.33. The van der Waals surface area contributed by atoms with E-state index in [2.05, 4.69) is 41.1 Å². The molecule has 0 atom stereocenters. The Kier molecular flexibility index (Phi) is 44.8.